The van der Waals surface area contributed by atoms with Crippen LogP contribution in [0.15, 0.2) is 48.5 Å². The lowest BCUT2D eigenvalue weighted by molar-refractivity contribution is 0.307. The molecule has 0 saturated heterocycles. The summed E-state index contributed by atoms with van der Waals surface area (Å²) in [6.45, 7) is 2.56. The molecule has 0 fully saturated rings. The van der Waals surface area contributed by atoms with Gasteiger partial charge in [0, 0.05) is 6.54 Å². The molecule has 1 aliphatic rings. The second-order valence-electron chi connectivity index (χ2n) is 4.59. The third-order valence-electron chi connectivity index (χ3n) is 3.36. The van der Waals surface area contributed by atoms with E-state index in [0.717, 1.165) is 31.2 Å². The molecule has 0 aromatic heterocycles. The normalized spacial score (nSPS) is 13.6. The van der Waals surface area contributed by atoms with E-state index < -0.39 is 0 Å². The number of hydrogen-bond acceptors (Lipinski definition) is 3. The predicted octanol–water partition coefficient (Wildman–Crippen LogP) is 3.09. The first-order valence-electron chi connectivity index (χ1n) is 6.46. The van der Waals surface area contributed by atoms with Gasteiger partial charge in [0.1, 0.15) is 18.1 Å². The molecule has 3 heteroatoms. The van der Waals surface area contributed by atoms with Gasteiger partial charge in [-0.15, -0.1) is 0 Å². The molecule has 2 aromatic carbocycles. The number of anilines is 1. The van der Waals surface area contributed by atoms with Crippen LogP contribution in [0.25, 0.3) is 0 Å². The van der Waals surface area contributed by atoms with Gasteiger partial charge < -0.3 is 14.4 Å². The monoisotopic (exact) mass is 255 g/mol. The van der Waals surface area contributed by atoms with Crippen LogP contribution in [0.3, 0.4) is 0 Å². The topological polar surface area (TPSA) is 21.7 Å². The van der Waals surface area contributed by atoms with Crippen LogP contribution in [0.2, 0.25) is 0 Å². The number of methoxy groups -OCH3 is 1. The lowest BCUT2D eigenvalue weighted by Crippen LogP contribution is -2.32. The Kier molecular flexibility index (Phi) is 3.27. The number of ether oxygens (including phenoxy) is 2. The van der Waals surface area contributed by atoms with Gasteiger partial charge in [0.05, 0.1) is 19.3 Å². The highest BCUT2D eigenvalue weighted by molar-refractivity contribution is 5.59. The third-order valence-corrected chi connectivity index (χ3v) is 3.36. The largest absolute Gasteiger partial charge is 0.497 e. The Balaban J connectivity index is 1.80. The Hall–Kier alpha value is -2.16. The van der Waals surface area contributed by atoms with Crippen LogP contribution in [-0.4, -0.2) is 20.3 Å². The fourth-order valence-electron chi connectivity index (χ4n) is 2.34. The van der Waals surface area contributed by atoms with E-state index in [0.29, 0.717) is 0 Å². The molecule has 3 rings (SSSR count). The van der Waals surface area contributed by atoms with Crippen molar-refractivity contribution in [3.05, 3.63) is 54.1 Å². The molecule has 0 bridgehead atoms. The van der Waals surface area contributed by atoms with Crippen molar-refractivity contribution < 1.29 is 9.47 Å². The van der Waals surface area contributed by atoms with E-state index in [1.165, 1.54) is 11.3 Å². The number of hydrogen-bond donors (Lipinski definition) is 0. The number of rotatable bonds is 3. The van der Waals surface area contributed by atoms with Crippen molar-refractivity contribution in [2.45, 2.75) is 6.54 Å². The van der Waals surface area contributed by atoms with Gasteiger partial charge in [-0.2, -0.15) is 0 Å². The van der Waals surface area contributed by atoms with Crippen LogP contribution < -0.4 is 14.4 Å². The first-order valence-corrected chi connectivity index (χ1v) is 6.46. The molecule has 98 valence electrons. The SMILES string of the molecule is COc1ccc(CN2CCOc3ccccc32)cc1. The van der Waals surface area contributed by atoms with Crippen LogP contribution in [0.4, 0.5) is 5.69 Å². The van der Waals surface area contributed by atoms with Crippen molar-refractivity contribution in [3.63, 3.8) is 0 Å². The third kappa shape index (κ3) is 2.50. The Labute approximate surface area is 113 Å². The van der Waals surface area contributed by atoms with Crippen molar-refractivity contribution >= 4 is 5.69 Å². The molecule has 0 amide bonds. The van der Waals surface area contributed by atoms with Crippen LogP contribution in [-0.2, 0) is 6.54 Å². The molecular formula is C16H17NO2. The summed E-state index contributed by atoms with van der Waals surface area (Å²) in [5, 5.41) is 0. The average Bonchev–Trinajstić information content (AvgIpc) is 2.48. The number of nitrogens with zero attached hydrogens (tertiary/aromatic N) is 1. The number of fused-ring (bicyclic) bond motifs is 1. The van der Waals surface area contributed by atoms with E-state index in [1.54, 1.807) is 7.11 Å². The summed E-state index contributed by atoms with van der Waals surface area (Å²) < 4.78 is 10.8. The molecule has 1 aliphatic heterocycles. The van der Waals surface area contributed by atoms with Crippen LogP contribution in [0, 0.1) is 0 Å². The molecule has 0 aliphatic carbocycles. The maximum Gasteiger partial charge on any atom is 0.142 e. The minimum absolute atomic E-state index is 0.743. The molecule has 3 nitrogen and oxygen atoms in total. The smallest absolute Gasteiger partial charge is 0.142 e. The summed E-state index contributed by atoms with van der Waals surface area (Å²) in [6.07, 6.45) is 0. The minimum Gasteiger partial charge on any atom is -0.497 e. The molecule has 1 heterocycles. The van der Waals surface area contributed by atoms with Gasteiger partial charge >= 0.3 is 0 Å². The van der Waals surface area contributed by atoms with Gasteiger partial charge in [0.15, 0.2) is 0 Å². The van der Waals surface area contributed by atoms with Crippen molar-refractivity contribution in [1.82, 2.24) is 0 Å². The predicted molar refractivity (Wildman–Crippen MR) is 76.0 cm³/mol. The van der Waals surface area contributed by atoms with Gasteiger partial charge in [-0.25, -0.2) is 0 Å². The molecule has 0 saturated carbocycles. The van der Waals surface area contributed by atoms with Crippen molar-refractivity contribution in [1.29, 1.82) is 0 Å². The highest BCUT2D eigenvalue weighted by atomic mass is 16.5. The molecule has 0 radical (unpaired) electrons. The van der Waals surface area contributed by atoms with Crippen molar-refractivity contribution in [2.24, 2.45) is 0 Å². The van der Waals surface area contributed by atoms with Crippen molar-refractivity contribution in [3.8, 4) is 11.5 Å². The maximum absolute atomic E-state index is 5.67. The van der Waals surface area contributed by atoms with Crippen LogP contribution in [0.1, 0.15) is 5.56 Å². The van der Waals surface area contributed by atoms with E-state index in [4.69, 9.17) is 9.47 Å². The molecule has 0 spiro atoms. The summed E-state index contributed by atoms with van der Waals surface area (Å²) in [5.74, 6) is 1.87. The zero-order valence-electron chi connectivity index (χ0n) is 11.0. The van der Waals surface area contributed by atoms with E-state index in [1.807, 2.05) is 24.3 Å². The standard InChI is InChI=1S/C16H17NO2/c1-18-14-8-6-13(7-9-14)12-17-10-11-19-16-5-3-2-4-15(16)17/h2-9H,10-12H2,1H3. The number of para-hydroxylation sites is 2. The first-order chi connectivity index (χ1) is 9.36. The Morgan fingerprint density at radius 1 is 1.11 bits per heavy atom. The highest BCUT2D eigenvalue weighted by Crippen LogP contribution is 2.32. The number of benzene rings is 2. The van der Waals surface area contributed by atoms with Gasteiger partial charge in [-0.3, -0.25) is 0 Å². The zero-order valence-corrected chi connectivity index (χ0v) is 11.0. The quantitative estimate of drug-likeness (QED) is 0.841. The van der Waals surface area contributed by atoms with E-state index in [9.17, 15) is 0 Å². The fraction of sp³-hybridized carbons (Fsp3) is 0.250. The summed E-state index contributed by atoms with van der Waals surface area (Å²) in [4.78, 5) is 2.35. The van der Waals surface area contributed by atoms with Crippen molar-refractivity contribution in [2.75, 3.05) is 25.2 Å². The van der Waals surface area contributed by atoms with Crippen LogP contribution in [0.5, 0.6) is 11.5 Å². The van der Waals surface area contributed by atoms with Gasteiger partial charge in [-0.1, -0.05) is 24.3 Å². The minimum atomic E-state index is 0.743. The summed E-state index contributed by atoms with van der Waals surface area (Å²) in [6, 6.07) is 16.4. The molecule has 0 atom stereocenters. The Morgan fingerprint density at radius 2 is 1.89 bits per heavy atom. The first kappa shape index (κ1) is 11.9. The van der Waals surface area contributed by atoms with E-state index in [-0.39, 0.29) is 0 Å². The van der Waals surface area contributed by atoms with Gasteiger partial charge in [0.2, 0.25) is 0 Å². The zero-order chi connectivity index (χ0) is 13.1. The van der Waals surface area contributed by atoms with Gasteiger partial charge in [-0.05, 0) is 29.8 Å². The fourth-order valence-corrected chi connectivity index (χ4v) is 2.34. The van der Waals surface area contributed by atoms with Gasteiger partial charge in [0.25, 0.3) is 0 Å². The van der Waals surface area contributed by atoms with Crippen LogP contribution >= 0.6 is 0 Å². The summed E-state index contributed by atoms with van der Waals surface area (Å²) in [7, 11) is 1.69. The Morgan fingerprint density at radius 3 is 2.68 bits per heavy atom. The molecule has 19 heavy (non-hydrogen) atoms. The summed E-state index contributed by atoms with van der Waals surface area (Å²) >= 11 is 0. The molecule has 2 aromatic rings. The average molecular weight is 255 g/mol. The summed E-state index contributed by atoms with van der Waals surface area (Å²) in [5.41, 5.74) is 2.45. The highest BCUT2D eigenvalue weighted by Gasteiger charge is 2.17. The lowest BCUT2D eigenvalue weighted by atomic mass is 10.1. The molecular weight excluding hydrogens is 238 g/mol. The maximum atomic E-state index is 5.67. The van der Waals surface area contributed by atoms with E-state index >= 15 is 0 Å². The molecule has 0 N–H and O–H groups in total. The molecule has 0 unspecified atom stereocenters. The van der Waals surface area contributed by atoms with E-state index in [2.05, 4.69) is 29.2 Å². The second kappa shape index (κ2) is 5.22. The second-order valence-corrected chi connectivity index (χ2v) is 4.59. The Bertz CT molecular complexity index is 551. The lowest BCUT2D eigenvalue weighted by Gasteiger charge is -2.31.